The molecule has 9 heteroatoms. The first kappa shape index (κ1) is 10.0. The van der Waals surface area contributed by atoms with Crippen molar-refractivity contribution in [2.24, 2.45) is 0 Å². The van der Waals surface area contributed by atoms with Gasteiger partial charge >= 0.3 is 61.0 Å². The maximum absolute atomic E-state index is 9.74. The van der Waals surface area contributed by atoms with Gasteiger partial charge < -0.3 is 0 Å². The molecule has 0 heterocycles. The van der Waals surface area contributed by atoms with Crippen molar-refractivity contribution in [2.75, 3.05) is 0 Å². The van der Waals surface area contributed by atoms with Gasteiger partial charge in [-0.1, -0.05) is 0 Å². The molecule has 9 heavy (non-hydrogen) atoms. The Morgan fingerprint density at radius 1 is 0.889 bits per heavy atom. The van der Waals surface area contributed by atoms with Crippen LogP contribution in [-0.2, 0) is 7.33 Å². The van der Waals surface area contributed by atoms with E-state index in [1.807, 2.05) is 0 Å². The number of hydrogen-bond donors (Lipinski definition) is 4. The summed E-state index contributed by atoms with van der Waals surface area (Å²) in [7, 11) is 0. The van der Waals surface area contributed by atoms with Crippen LogP contribution in [0.4, 0.5) is 0 Å². The molecule has 0 saturated heterocycles. The molecular formula is H4O7Sb2. The molecule has 0 bridgehead atoms. The maximum atomic E-state index is 9.74. The van der Waals surface area contributed by atoms with Gasteiger partial charge in [0.05, 0.1) is 0 Å². The monoisotopic (exact) mass is 358 g/mol. The van der Waals surface area contributed by atoms with Crippen LogP contribution in [0, 0.1) is 0 Å². The Bertz CT molecular complexity index is 147. The molecule has 0 rings (SSSR count). The predicted molar refractivity (Wildman–Crippen MR) is 22.8 cm³/mol. The summed E-state index contributed by atoms with van der Waals surface area (Å²) >= 11 is -11.7. The van der Waals surface area contributed by atoms with Crippen LogP contribution in [0.15, 0.2) is 0 Å². The first-order valence-corrected chi connectivity index (χ1v) is 10.3. The average molecular weight is 360 g/mol. The normalized spacial score (nSPS) is 13.8. The Kier molecular flexibility index (Phi) is 3.30. The van der Waals surface area contributed by atoms with Crippen LogP contribution in [0.3, 0.4) is 0 Å². The quantitative estimate of drug-likeness (QED) is 0.381. The fourth-order valence-corrected chi connectivity index (χ4v) is 6.24. The van der Waals surface area contributed by atoms with E-state index in [-0.39, 0.29) is 0 Å². The first-order valence-electron chi connectivity index (χ1n) is 1.53. The van der Waals surface area contributed by atoms with E-state index in [9.17, 15) is 6.03 Å². The zero-order chi connectivity index (χ0) is 7.71. The molecule has 0 saturated carbocycles. The molecule has 0 aromatic rings. The molecule has 0 aromatic carbocycles. The van der Waals surface area contributed by atoms with Crippen LogP contribution in [0.2, 0.25) is 0 Å². The molecule has 0 atom stereocenters. The Balaban J connectivity index is 4.07. The van der Waals surface area contributed by atoms with Gasteiger partial charge in [-0.15, -0.1) is 0 Å². The molecule has 0 aliphatic rings. The summed E-state index contributed by atoms with van der Waals surface area (Å²) in [4.78, 5) is 0. The molecule has 0 aliphatic carbocycles. The van der Waals surface area contributed by atoms with Gasteiger partial charge in [0.15, 0.2) is 0 Å². The second-order valence-corrected chi connectivity index (χ2v) is 10.3. The van der Waals surface area contributed by atoms with E-state index in [0.29, 0.717) is 0 Å². The molecule has 0 amide bonds. The van der Waals surface area contributed by atoms with Gasteiger partial charge in [0, 0.05) is 0 Å². The minimum absolute atomic E-state index is 3.14. The molecule has 56 valence electrons. The zero-order valence-electron chi connectivity index (χ0n) is 3.91. The van der Waals surface area contributed by atoms with Crippen molar-refractivity contribution < 1.29 is 20.9 Å². The second kappa shape index (κ2) is 2.96. The zero-order valence-corrected chi connectivity index (χ0v) is 9.01. The number of hydrogen-bond acceptors (Lipinski definition) is 3. The van der Waals surface area contributed by atoms with Crippen LogP contribution in [0.5, 0.6) is 0 Å². The van der Waals surface area contributed by atoms with Gasteiger partial charge in [-0.2, -0.15) is 0 Å². The minimum atomic E-state index is -5.83. The van der Waals surface area contributed by atoms with E-state index >= 15 is 0 Å². The third kappa shape index (κ3) is 9.04. The van der Waals surface area contributed by atoms with E-state index in [1.54, 1.807) is 0 Å². The standard InChI is InChI=1S/4H2O.3O.2Sb/h4*1H2;;;;;/q;;;;;;;2*+2/p-4. The topological polar surface area (TPSA) is 124 Å². The van der Waals surface area contributed by atoms with Crippen molar-refractivity contribution in [1.29, 1.82) is 0 Å². The van der Waals surface area contributed by atoms with Crippen LogP contribution < -0.4 is 0 Å². The molecule has 7 nitrogen and oxygen atoms in total. The molecule has 0 spiro atoms. The summed E-state index contributed by atoms with van der Waals surface area (Å²) in [6.45, 7) is 0. The van der Waals surface area contributed by atoms with Gasteiger partial charge in [0.1, 0.15) is 0 Å². The Morgan fingerprint density at radius 3 is 1.11 bits per heavy atom. The van der Waals surface area contributed by atoms with Crippen molar-refractivity contribution in [3.05, 3.63) is 0 Å². The van der Waals surface area contributed by atoms with Crippen molar-refractivity contribution in [1.82, 2.24) is 0 Å². The molecular weight excluding hydrogens is 356 g/mol. The van der Waals surface area contributed by atoms with Crippen LogP contribution in [0.1, 0.15) is 0 Å². The summed E-state index contributed by atoms with van der Waals surface area (Å²) in [5.74, 6) is 0. The SMILES string of the molecule is [O]=[Sb]([OH])([OH])[O][Sb](=[O])([OH])[OH]. The molecule has 4 N–H and O–H groups in total. The fourth-order valence-electron chi connectivity index (χ4n) is 0.139. The Hall–Kier alpha value is 1.04. The molecule has 0 unspecified atom stereocenters. The van der Waals surface area contributed by atoms with Gasteiger partial charge in [-0.3, -0.25) is 0 Å². The third-order valence-electron chi connectivity index (χ3n) is 0.213. The van der Waals surface area contributed by atoms with Crippen molar-refractivity contribution in [3.63, 3.8) is 0 Å². The first-order chi connectivity index (χ1) is 3.71. The molecule has 0 radical (unpaired) electrons. The van der Waals surface area contributed by atoms with E-state index in [0.717, 1.165) is 0 Å². The van der Waals surface area contributed by atoms with Gasteiger partial charge in [-0.05, 0) is 0 Å². The third-order valence-corrected chi connectivity index (χ3v) is 9.57. The summed E-state index contributed by atoms with van der Waals surface area (Å²) < 4.78 is 54.1. The number of rotatable bonds is 2. The van der Waals surface area contributed by atoms with Gasteiger partial charge in [0.2, 0.25) is 0 Å². The summed E-state index contributed by atoms with van der Waals surface area (Å²) in [6.07, 6.45) is 0. The Labute approximate surface area is 60.7 Å². The van der Waals surface area contributed by atoms with E-state index in [1.165, 1.54) is 0 Å². The summed E-state index contributed by atoms with van der Waals surface area (Å²) in [5.41, 5.74) is 0. The van der Waals surface area contributed by atoms with Crippen molar-refractivity contribution >= 4 is 40.1 Å². The molecule has 0 fully saturated rings. The van der Waals surface area contributed by atoms with Crippen molar-refractivity contribution in [2.45, 2.75) is 0 Å². The average Bonchev–Trinajstić information content (AvgIpc) is 1.14. The molecule has 0 aliphatic heterocycles. The summed E-state index contributed by atoms with van der Waals surface area (Å²) in [5, 5.41) is 0. The van der Waals surface area contributed by atoms with E-state index < -0.39 is 40.1 Å². The predicted octanol–water partition coefficient (Wildman–Crippen LogP) is -3.30. The van der Waals surface area contributed by atoms with E-state index in [4.69, 9.17) is 13.5 Å². The Morgan fingerprint density at radius 2 is 1.11 bits per heavy atom. The molecule has 0 aromatic heterocycles. The van der Waals surface area contributed by atoms with Crippen LogP contribution in [0.25, 0.3) is 0 Å². The van der Waals surface area contributed by atoms with Crippen molar-refractivity contribution in [3.8, 4) is 0 Å². The van der Waals surface area contributed by atoms with Gasteiger partial charge in [-0.25, -0.2) is 0 Å². The summed E-state index contributed by atoms with van der Waals surface area (Å²) in [6, 6.07) is 0. The second-order valence-electron chi connectivity index (χ2n) is 1.06. The van der Waals surface area contributed by atoms with Crippen LogP contribution >= 0.6 is 0 Å². The fraction of sp³-hybridized carbons (Fsp3) is 0. The van der Waals surface area contributed by atoms with Gasteiger partial charge in [0.25, 0.3) is 0 Å². The van der Waals surface area contributed by atoms with Crippen LogP contribution in [-0.4, -0.2) is 53.7 Å². The van der Waals surface area contributed by atoms with E-state index in [2.05, 4.69) is 1.29 Å².